The maximum atomic E-state index is 12.5. The van der Waals surface area contributed by atoms with Gasteiger partial charge >= 0.3 is 5.97 Å². The Balaban J connectivity index is 2.30. The molecule has 2 aromatic carbocycles. The summed E-state index contributed by atoms with van der Waals surface area (Å²) in [6.07, 6.45) is -0.228. The number of rotatable bonds is 6. The average molecular weight is 319 g/mol. The zero-order valence-electron chi connectivity index (χ0n) is 12.1. The highest BCUT2D eigenvalue weighted by molar-refractivity contribution is 7.89. The van der Waals surface area contributed by atoms with Gasteiger partial charge in [-0.1, -0.05) is 42.5 Å². The first-order valence-corrected chi connectivity index (χ1v) is 8.19. The quantitative estimate of drug-likeness (QED) is 0.887. The highest BCUT2D eigenvalue weighted by Crippen LogP contribution is 2.23. The van der Waals surface area contributed by atoms with Crippen LogP contribution in [0.3, 0.4) is 0 Å². The highest BCUT2D eigenvalue weighted by Gasteiger charge is 2.21. The molecule has 116 valence electrons. The summed E-state index contributed by atoms with van der Waals surface area (Å²) < 4.78 is 26.0. The largest absolute Gasteiger partial charge is 0.481 e. The molecule has 6 heteroatoms. The van der Waals surface area contributed by atoms with Gasteiger partial charge in [0, 0.05) is 13.6 Å². The number of nitrogens with zero attached hydrogens (tertiary/aromatic N) is 1. The van der Waals surface area contributed by atoms with E-state index in [4.69, 9.17) is 5.11 Å². The van der Waals surface area contributed by atoms with E-state index in [1.54, 1.807) is 12.1 Å². The van der Waals surface area contributed by atoms with Gasteiger partial charge in [-0.25, -0.2) is 12.7 Å². The van der Waals surface area contributed by atoms with Crippen LogP contribution in [0.1, 0.15) is 6.42 Å². The lowest BCUT2D eigenvalue weighted by molar-refractivity contribution is -0.137. The first-order chi connectivity index (χ1) is 10.4. The second-order valence-electron chi connectivity index (χ2n) is 4.86. The maximum Gasteiger partial charge on any atom is 0.304 e. The van der Waals surface area contributed by atoms with Gasteiger partial charge < -0.3 is 5.11 Å². The average Bonchev–Trinajstić information content (AvgIpc) is 2.53. The van der Waals surface area contributed by atoms with Gasteiger partial charge in [0.15, 0.2) is 0 Å². The molecule has 2 aromatic rings. The Labute approximate surface area is 129 Å². The molecule has 0 aliphatic carbocycles. The van der Waals surface area contributed by atoms with Crippen molar-refractivity contribution in [3.8, 4) is 11.1 Å². The van der Waals surface area contributed by atoms with E-state index in [2.05, 4.69) is 0 Å². The molecule has 0 aromatic heterocycles. The third-order valence-corrected chi connectivity index (χ3v) is 5.14. The second-order valence-corrected chi connectivity index (χ2v) is 6.91. The van der Waals surface area contributed by atoms with E-state index < -0.39 is 16.0 Å². The van der Waals surface area contributed by atoms with Crippen LogP contribution in [0, 0.1) is 0 Å². The SMILES string of the molecule is CN(CCC(=O)O)S(=O)(=O)c1cccc(-c2ccccc2)c1. The molecule has 0 heterocycles. The van der Waals surface area contributed by atoms with Crippen molar-refractivity contribution in [2.45, 2.75) is 11.3 Å². The van der Waals surface area contributed by atoms with Crippen molar-refractivity contribution >= 4 is 16.0 Å². The van der Waals surface area contributed by atoms with Gasteiger partial charge in [-0.15, -0.1) is 0 Å². The van der Waals surface area contributed by atoms with E-state index in [1.165, 1.54) is 13.1 Å². The van der Waals surface area contributed by atoms with Crippen LogP contribution >= 0.6 is 0 Å². The molecule has 0 radical (unpaired) electrons. The van der Waals surface area contributed by atoms with E-state index in [0.717, 1.165) is 15.4 Å². The van der Waals surface area contributed by atoms with Gasteiger partial charge in [-0.05, 0) is 23.3 Å². The normalized spacial score (nSPS) is 11.5. The Kier molecular flexibility index (Phi) is 4.95. The smallest absolute Gasteiger partial charge is 0.304 e. The number of hydrogen-bond acceptors (Lipinski definition) is 3. The van der Waals surface area contributed by atoms with Gasteiger partial charge in [0.2, 0.25) is 10.0 Å². The molecule has 0 saturated heterocycles. The van der Waals surface area contributed by atoms with Crippen molar-refractivity contribution in [1.29, 1.82) is 0 Å². The predicted octanol–water partition coefficient (Wildman–Crippen LogP) is 2.45. The predicted molar refractivity (Wildman–Crippen MR) is 83.9 cm³/mol. The van der Waals surface area contributed by atoms with Crippen LogP contribution in [-0.2, 0) is 14.8 Å². The molecule has 1 N–H and O–H groups in total. The van der Waals surface area contributed by atoms with Crippen molar-refractivity contribution in [3.63, 3.8) is 0 Å². The topological polar surface area (TPSA) is 74.7 Å². The summed E-state index contributed by atoms with van der Waals surface area (Å²) >= 11 is 0. The summed E-state index contributed by atoms with van der Waals surface area (Å²) in [6.45, 7) is -0.0623. The van der Waals surface area contributed by atoms with Crippen molar-refractivity contribution in [1.82, 2.24) is 4.31 Å². The molecule has 5 nitrogen and oxygen atoms in total. The molecule has 0 unspecified atom stereocenters. The van der Waals surface area contributed by atoms with Crippen LogP contribution < -0.4 is 0 Å². The third kappa shape index (κ3) is 3.72. The van der Waals surface area contributed by atoms with Crippen molar-refractivity contribution in [2.24, 2.45) is 0 Å². The lowest BCUT2D eigenvalue weighted by Gasteiger charge is -2.16. The van der Waals surface area contributed by atoms with Crippen molar-refractivity contribution in [3.05, 3.63) is 54.6 Å². The third-order valence-electron chi connectivity index (χ3n) is 3.29. The van der Waals surface area contributed by atoms with Crippen LogP contribution in [-0.4, -0.2) is 37.4 Å². The summed E-state index contributed by atoms with van der Waals surface area (Å²) in [5.74, 6) is -1.03. The molecule has 0 spiro atoms. The van der Waals surface area contributed by atoms with Gasteiger partial charge in [0.1, 0.15) is 0 Å². The molecule has 0 aliphatic rings. The zero-order valence-corrected chi connectivity index (χ0v) is 13.0. The second kappa shape index (κ2) is 6.72. The first-order valence-electron chi connectivity index (χ1n) is 6.75. The van der Waals surface area contributed by atoms with Crippen LogP contribution in [0.5, 0.6) is 0 Å². The van der Waals surface area contributed by atoms with E-state index in [1.807, 2.05) is 36.4 Å². The molecule has 0 saturated carbocycles. The number of benzene rings is 2. The Bertz CT molecular complexity index is 757. The summed E-state index contributed by atoms with van der Waals surface area (Å²) in [5.41, 5.74) is 1.72. The first kappa shape index (κ1) is 16.2. The minimum Gasteiger partial charge on any atom is -0.481 e. The van der Waals surface area contributed by atoms with Crippen LogP contribution in [0.15, 0.2) is 59.5 Å². The Morgan fingerprint density at radius 2 is 1.68 bits per heavy atom. The summed E-state index contributed by atoms with van der Waals surface area (Å²) in [6, 6.07) is 16.1. The number of aliphatic carboxylic acids is 1. The number of carbonyl (C=O) groups is 1. The van der Waals surface area contributed by atoms with Gasteiger partial charge in [0.05, 0.1) is 11.3 Å². The fourth-order valence-electron chi connectivity index (χ4n) is 2.02. The summed E-state index contributed by atoms with van der Waals surface area (Å²) in [5, 5.41) is 8.67. The van der Waals surface area contributed by atoms with Crippen molar-refractivity contribution in [2.75, 3.05) is 13.6 Å². The molecule has 0 amide bonds. The lowest BCUT2D eigenvalue weighted by Crippen LogP contribution is -2.29. The fraction of sp³-hybridized carbons (Fsp3) is 0.188. The van der Waals surface area contributed by atoms with Crippen molar-refractivity contribution < 1.29 is 18.3 Å². The number of carboxylic acids is 1. The fourth-order valence-corrected chi connectivity index (χ4v) is 3.24. The van der Waals surface area contributed by atoms with Gasteiger partial charge in [-0.3, -0.25) is 4.79 Å². The molecule has 2 rings (SSSR count). The van der Waals surface area contributed by atoms with Crippen LogP contribution in [0.2, 0.25) is 0 Å². The van der Waals surface area contributed by atoms with Crippen LogP contribution in [0.4, 0.5) is 0 Å². The van der Waals surface area contributed by atoms with Crippen LogP contribution in [0.25, 0.3) is 11.1 Å². The molecule has 0 aliphatic heterocycles. The maximum absolute atomic E-state index is 12.5. The molecular formula is C16H17NO4S. The van der Waals surface area contributed by atoms with E-state index in [9.17, 15) is 13.2 Å². The molecule has 0 bridgehead atoms. The number of sulfonamides is 1. The monoisotopic (exact) mass is 319 g/mol. The Hall–Kier alpha value is -2.18. The zero-order chi connectivity index (χ0) is 16.2. The van der Waals surface area contributed by atoms with E-state index in [0.29, 0.717) is 0 Å². The number of hydrogen-bond donors (Lipinski definition) is 1. The minimum absolute atomic E-state index is 0.0623. The van der Waals surface area contributed by atoms with E-state index in [-0.39, 0.29) is 17.9 Å². The van der Waals surface area contributed by atoms with Gasteiger partial charge in [-0.2, -0.15) is 0 Å². The standard InChI is InChI=1S/C16H17NO4S/c1-17(11-10-16(18)19)22(20,21)15-9-5-8-14(12-15)13-6-3-2-4-7-13/h2-9,12H,10-11H2,1H3,(H,18,19). The van der Waals surface area contributed by atoms with E-state index >= 15 is 0 Å². The minimum atomic E-state index is -3.70. The Morgan fingerprint density at radius 3 is 2.32 bits per heavy atom. The number of carboxylic acid groups (broad SMARTS) is 1. The molecular weight excluding hydrogens is 302 g/mol. The highest BCUT2D eigenvalue weighted by atomic mass is 32.2. The molecule has 0 fully saturated rings. The summed E-state index contributed by atoms with van der Waals surface area (Å²) in [7, 11) is -2.31. The van der Waals surface area contributed by atoms with Gasteiger partial charge in [0.25, 0.3) is 0 Å². The lowest BCUT2D eigenvalue weighted by atomic mass is 10.1. The molecule has 22 heavy (non-hydrogen) atoms. The Morgan fingerprint density at radius 1 is 1.05 bits per heavy atom. The molecule has 0 atom stereocenters. The summed E-state index contributed by atoms with van der Waals surface area (Å²) in [4.78, 5) is 10.7.